The summed E-state index contributed by atoms with van der Waals surface area (Å²) in [7, 11) is -0.977. The number of hydrogen-bond acceptors (Lipinski definition) is 0. The van der Waals surface area contributed by atoms with E-state index in [1.54, 1.807) is 32.6 Å². The van der Waals surface area contributed by atoms with Crippen LogP contribution < -0.4 is 5.19 Å². The van der Waals surface area contributed by atoms with Gasteiger partial charge in [-0.25, -0.2) is 0 Å². The standard InChI is InChI=1S/C37H29Si/c1-23-20-31-29-16-10-9-13-26(29)17-18-30(31)33(23)32-21-28-19-24(2)36-35(28)34(27-14-7-4-8-15-27)37(32)38(36)22-25-11-5-3-6-12-25/h3-18,20-21,33H,19,22H2,1-2H3. The van der Waals surface area contributed by atoms with E-state index in [4.69, 9.17) is 0 Å². The van der Waals surface area contributed by atoms with E-state index >= 15 is 0 Å². The Hall–Kier alpha value is -3.94. The minimum absolute atomic E-state index is 0.327. The van der Waals surface area contributed by atoms with Gasteiger partial charge < -0.3 is 0 Å². The fourth-order valence-electron chi connectivity index (χ4n) is 7.43. The van der Waals surface area contributed by atoms with Crippen LogP contribution in [0.15, 0.2) is 114 Å². The van der Waals surface area contributed by atoms with Crippen molar-refractivity contribution < 1.29 is 0 Å². The molecule has 0 saturated carbocycles. The molecule has 8 rings (SSSR count). The molecule has 181 valence electrons. The quantitative estimate of drug-likeness (QED) is 0.217. The van der Waals surface area contributed by atoms with Gasteiger partial charge in [-0.05, 0) is 86.4 Å². The molecule has 1 radical (unpaired) electrons. The van der Waals surface area contributed by atoms with Gasteiger partial charge in [0.05, 0.1) is 0 Å². The first-order valence-corrected chi connectivity index (χ1v) is 15.5. The minimum Gasteiger partial charge on any atom is -0.0688 e. The van der Waals surface area contributed by atoms with E-state index in [0.29, 0.717) is 5.92 Å². The third-order valence-electron chi connectivity index (χ3n) is 8.92. The molecule has 0 aromatic heterocycles. The molecule has 3 aliphatic rings. The van der Waals surface area contributed by atoms with Crippen molar-refractivity contribution in [3.05, 3.63) is 148 Å². The zero-order valence-corrected chi connectivity index (χ0v) is 22.9. The van der Waals surface area contributed by atoms with Gasteiger partial charge in [-0.3, -0.25) is 0 Å². The number of benzene rings is 5. The second-order valence-corrected chi connectivity index (χ2v) is 13.5. The summed E-state index contributed by atoms with van der Waals surface area (Å²) in [5.41, 5.74) is 15.1. The van der Waals surface area contributed by atoms with Crippen LogP contribution in [-0.2, 0) is 12.5 Å². The van der Waals surface area contributed by atoms with Crippen LogP contribution >= 0.6 is 0 Å². The highest BCUT2D eigenvalue weighted by atomic mass is 28.3. The lowest BCUT2D eigenvalue weighted by Gasteiger charge is -2.24. The predicted octanol–water partition coefficient (Wildman–Crippen LogP) is 8.42. The van der Waals surface area contributed by atoms with E-state index in [9.17, 15) is 0 Å². The normalized spacial score (nSPS) is 17.4. The maximum atomic E-state index is 2.61. The lowest BCUT2D eigenvalue weighted by molar-refractivity contribution is 0.980. The van der Waals surface area contributed by atoms with E-state index in [2.05, 4.69) is 123 Å². The summed E-state index contributed by atoms with van der Waals surface area (Å²) < 4.78 is 0. The highest BCUT2D eigenvalue weighted by Gasteiger charge is 2.43. The molecular weight excluding hydrogens is 472 g/mol. The molecule has 5 aromatic rings. The maximum absolute atomic E-state index is 2.61. The Balaban J connectivity index is 1.40. The highest BCUT2D eigenvalue weighted by Crippen LogP contribution is 2.51. The summed E-state index contributed by atoms with van der Waals surface area (Å²) in [6.07, 6.45) is 3.57. The van der Waals surface area contributed by atoms with Gasteiger partial charge in [-0.1, -0.05) is 126 Å². The molecule has 0 saturated heterocycles. The van der Waals surface area contributed by atoms with Gasteiger partial charge in [0.15, 0.2) is 0 Å². The maximum Gasteiger partial charge on any atom is 0.127 e. The number of rotatable bonds is 4. The summed E-state index contributed by atoms with van der Waals surface area (Å²) in [5, 5.41) is 6.07. The van der Waals surface area contributed by atoms with Crippen LogP contribution in [-0.4, -0.2) is 8.80 Å². The van der Waals surface area contributed by atoms with Gasteiger partial charge in [0.2, 0.25) is 0 Å². The van der Waals surface area contributed by atoms with Crippen LogP contribution in [0, 0.1) is 0 Å². The van der Waals surface area contributed by atoms with Crippen LogP contribution in [0.3, 0.4) is 0 Å². The van der Waals surface area contributed by atoms with Gasteiger partial charge in [0, 0.05) is 5.92 Å². The Bertz CT molecular complexity index is 1820. The average molecular weight is 502 g/mol. The molecular formula is C37H29Si. The number of allylic oxidation sites excluding steroid dienone is 2. The van der Waals surface area contributed by atoms with Crippen LogP contribution in [0.2, 0.25) is 0 Å². The van der Waals surface area contributed by atoms with Crippen molar-refractivity contribution in [3.8, 4) is 11.1 Å². The molecule has 1 heteroatoms. The van der Waals surface area contributed by atoms with E-state index in [0.717, 1.165) is 12.5 Å². The van der Waals surface area contributed by atoms with Gasteiger partial charge in [-0.2, -0.15) is 0 Å². The Morgan fingerprint density at radius 3 is 2.29 bits per heavy atom. The first-order chi connectivity index (χ1) is 18.7. The van der Waals surface area contributed by atoms with Crippen LogP contribution in [0.25, 0.3) is 33.2 Å². The highest BCUT2D eigenvalue weighted by molar-refractivity contribution is 6.93. The molecule has 2 bridgehead atoms. The van der Waals surface area contributed by atoms with Crippen molar-refractivity contribution in [1.82, 2.24) is 0 Å². The van der Waals surface area contributed by atoms with Crippen molar-refractivity contribution in [2.24, 2.45) is 0 Å². The summed E-state index contributed by atoms with van der Waals surface area (Å²) >= 11 is 0. The molecule has 1 unspecified atom stereocenters. The van der Waals surface area contributed by atoms with Crippen LogP contribution in [0.1, 0.15) is 53.1 Å². The van der Waals surface area contributed by atoms with E-state index in [1.807, 2.05) is 0 Å². The smallest absolute Gasteiger partial charge is 0.0688 e. The lowest BCUT2D eigenvalue weighted by atomic mass is 9.84. The molecule has 5 aromatic carbocycles. The monoisotopic (exact) mass is 501 g/mol. The zero-order chi connectivity index (χ0) is 25.4. The fourth-order valence-corrected chi connectivity index (χ4v) is 11.0. The van der Waals surface area contributed by atoms with E-state index < -0.39 is 8.80 Å². The number of hydrogen-bond donors (Lipinski definition) is 0. The van der Waals surface area contributed by atoms with Crippen molar-refractivity contribution >= 4 is 36.0 Å². The molecule has 1 atom stereocenters. The largest absolute Gasteiger partial charge is 0.127 e. The molecule has 0 nitrogen and oxygen atoms in total. The summed E-state index contributed by atoms with van der Waals surface area (Å²) in [5.74, 6) is 0.327. The van der Waals surface area contributed by atoms with Crippen molar-refractivity contribution in [2.45, 2.75) is 32.2 Å². The Kier molecular flexibility index (Phi) is 4.81. The van der Waals surface area contributed by atoms with E-state index in [-0.39, 0.29) is 0 Å². The summed E-state index contributed by atoms with van der Waals surface area (Å²) in [4.78, 5) is 0. The average Bonchev–Trinajstić information content (AvgIpc) is 3.55. The second-order valence-electron chi connectivity index (χ2n) is 11.2. The topological polar surface area (TPSA) is 0 Å². The fraction of sp³-hybridized carbons (Fsp3) is 0.135. The van der Waals surface area contributed by atoms with Gasteiger partial charge in [0.25, 0.3) is 0 Å². The Labute approximate surface area is 226 Å². The van der Waals surface area contributed by atoms with Gasteiger partial charge >= 0.3 is 0 Å². The summed E-state index contributed by atoms with van der Waals surface area (Å²) in [6.45, 7) is 4.75. The van der Waals surface area contributed by atoms with Gasteiger partial charge in [0.1, 0.15) is 8.80 Å². The van der Waals surface area contributed by atoms with Crippen LogP contribution in [0.5, 0.6) is 0 Å². The SMILES string of the molecule is CC1=Cc2c(ccc3ccccc23)C1c1cc2c3c(-c4ccccc4)c1[Si](Cc1ccccc1)C3=C(C)C2. The third kappa shape index (κ3) is 3.09. The molecule has 0 fully saturated rings. The molecule has 2 aliphatic carbocycles. The molecule has 38 heavy (non-hydrogen) atoms. The molecule has 0 spiro atoms. The Morgan fingerprint density at radius 2 is 1.47 bits per heavy atom. The zero-order valence-electron chi connectivity index (χ0n) is 21.9. The third-order valence-corrected chi connectivity index (χ3v) is 12.1. The Morgan fingerprint density at radius 1 is 0.737 bits per heavy atom. The molecule has 1 heterocycles. The van der Waals surface area contributed by atoms with E-state index in [1.165, 1.54) is 44.2 Å². The first-order valence-electron chi connectivity index (χ1n) is 13.7. The number of fused-ring (bicyclic) bond motifs is 4. The molecule has 0 N–H and O–H groups in total. The van der Waals surface area contributed by atoms with Crippen LogP contribution in [0.4, 0.5) is 0 Å². The molecule has 0 amide bonds. The lowest BCUT2D eigenvalue weighted by Crippen LogP contribution is -2.35. The summed E-state index contributed by atoms with van der Waals surface area (Å²) in [6, 6.07) is 39.8. The van der Waals surface area contributed by atoms with Crippen molar-refractivity contribution in [3.63, 3.8) is 0 Å². The van der Waals surface area contributed by atoms with Gasteiger partial charge in [-0.15, -0.1) is 0 Å². The molecule has 1 aliphatic heterocycles. The second kappa shape index (κ2) is 8.28. The minimum atomic E-state index is -0.977. The van der Waals surface area contributed by atoms with Crippen molar-refractivity contribution in [1.29, 1.82) is 0 Å². The predicted molar refractivity (Wildman–Crippen MR) is 163 cm³/mol. The van der Waals surface area contributed by atoms with Crippen molar-refractivity contribution in [2.75, 3.05) is 0 Å². The first kappa shape index (κ1) is 22.1.